The molecule has 1 aromatic heterocycles. The Bertz CT molecular complexity index is 1240. The standard InChI is InChI=1S/C26H33NO7.C2H2O4/c1-29-19-7-4-18(5-8-19)6-9-21(28)22-23(30-2)20-10-14-33-24(20)26(31-3)25(22)34-17-13-27-11-15-32-16-12-27;3-1(4)2(5)6/h4-5,7-8,10,14,21,28H,6,9,11-13,15-17H2,1-3H3;(H,3,4)(H,5,6). The normalized spacial score (nSPS) is 14.1. The summed E-state index contributed by atoms with van der Waals surface area (Å²) in [4.78, 5) is 20.5. The Hall–Kier alpha value is -4.00. The smallest absolute Gasteiger partial charge is 0.414 e. The Morgan fingerprint density at radius 2 is 1.57 bits per heavy atom. The summed E-state index contributed by atoms with van der Waals surface area (Å²) < 4.78 is 34.1. The number of carboxylic acid groups (broad SMARTS) is 2. The van der Waals surface area contributed by atoms with Crippen LogP contribution in [-0.4, -0.2) is 92.9 Å². The van der Waals surface area contributed by atoms with E-state index in [0.29, 0.717) is 47.8 Å². The van der Waals surface area contributed by atoms with E-state index in [0.717, 1.165) is 49.5 Å². The number of morpholine rings is 1. The Labute approximate surface area is 231 Å². The lowest BCUT2D eigenvalue weighted by Crippen LogP contribution is -2.38. The molecule has 3 N–H and O–H groups in total. The van der Waals surface area contributed by atoms with Gasteiger partial charge < -0.3 is 43.4 Å². The molecule has 0 aliphatic carbocycles. The first-order valence-corrected chi connectivity index (χ1v) is 12.7. The van der Waals surface area contributed by atoms with Gasteiger partial charge in [-0.15, -0.1) is 0 Å². The van der Waals surface area contributed by atoms with Crippen molar-refractivity contribution >= 4 is 22.9 Å². The summed E-state index contributed by atoms with van der Waals surface area (Å²) in [7, 11) is 4.81. The van der Waals surface area contributed by atoms with E-state index in [-0.39, 0.29) is 0 Å². The molecular weight excluding hydrogens is 526 g/mol. The number of rotatable bonds is 11. The van der Waals surface area contributed by atoms with Crippen molar-refractivity contribution in [2.75, 3.05) is 60.8 Å². The molecule has 2 aromatic carbocycles. The van der Waals surface area contributed by atoms with Crippen LogP contribution in [0.25, 0.3) is 11.0 Å². The highest BCUT2D eigenvalue weighted by molar-refractivity contribution is 6.27. The van der Waals surface area contributed by atoms with Gasteiger partial charge >= 0.3 is 11.9 Å². The van der Waals surface area contributed by atoms with Crippen molar-refractivity contribution in [3.63, 3.8) is 0 Å². The van der Waals surface area contributed by atoms with Crippen LogP contribution in [0, 0.1) is 0 Å². The first-order valence-electron chi connectivity index (χ1n) is 12.7. The van der Waals surface area contributed by atoms with E-state index in [9.17, 15) is 5.11 Å². The van der Waals surface area contributed by atoms with Crippen molar-refractivity contribution in [1.82, 2.24) is 4.90 Å². The first kappa shape index (κ1) is 30.5. The average Bonchev–Trinajstić information content (AvgIpc) is 3.46. The third-order valence-electron chi connectivity index (χ3n) is 6.36. The van der Waals surface area contributed by atoms with Crippen molar-refractivity contribution in [1.29, 1.82) is 0 Å². The van der Waals surface area contributed by atoms with Gasteiger partial charge in [0.05, 0.1) is 57.9 Å². The molecule has 0 radical (unpaired) electrons. The van der Waals surface area contributed by atoms with E-state index in [1.54, 1.807) is 27.6 Å². The number of benzene rings is 2. The number of carboxylic acids is 2. The third kappa shape index (κ3) is 7.78. The Balaban J connectivity index is 0.000000663. The van der Waals surface area contributed by atoms with Crippen LogP contribution in [0.15, 0.2) is 41.0 Å². The molecule has 12 nitrogen and oxygen atoms in total. The third-order valence-corrected chi connectivity index (χ3v) is 6.36. The monoisotopic (exact) mass is 561 g/mol. The molecule has 0 saturated carbocycles. The molecular formula is C28H35NO11. The lowest BCUT2D eigenvalue weighted by atomic mass is 9.97. The minimum atomic E-state index is -1.82. The topological polar surface area (TPSA) is 157 Å². The van der Waals surface area contributed by atoms with Crippen molar-refractivity contribution in [2.45, 2.75) is 18.9 Å². The maximum Gasteiger partial charge on any atom is 0.414 e. The number of aliphatic hydroxyl groups excluding tert-OH is 1. The lowest BCUT2D eigenvalue weighted by molar-refractivity contribution is -0.159. The molecule has 40 heavy (non-hydrogen) atoms. The summed E-state index contributed by atoms with van der Waals surface area (Å²) in [5.41, 5.74) is 2.21. The molecule has 0 amide bonds. The maximum atomic E-state index is 11.3. The number of furan rings is 1. The van der Waals surface area contributed by atoms with Crippen LogP contribution < -0.4 is 18.9 Å². The summed E-state index contributed by atoms with van der Waals surface area (Å²) in [5, 5.41) is 26.9. The quantitative estimate of drug-likeness (QED) is 0.295. The summed E-state index contributed by atoms with van der Waals surface area (Å²) >= 11 is 0. The Kier molecular flexibility index (Phi) is 11.4. The molecule has 4 rings (SSSR count). The van der Waals surface area contributed by atoms with Gasteiger partial charge in [0.1, 0.15) is 18.1 Å². The summed E-state index contributed by atoms with van der Waals surface area (Å²) in [6, 6.07) is 9.66. The van der Waals surface area contributed by atoms with Crippen molar-refractivity contribution in [3.05, 3.63) is 47.7 Å². The number of nitrogens with zero attached hydrogens (tertiary/aromatic N) is 1. The highest BCUT2D eigenvalue weighted by Gasteiger charge is 2.29. The molecule has 1 atom stereocenters. The van der Waals surface area contributed by atoms with Gasteiger partial charge in [0.15, 0.2) is 11.3 Å². The first-order chi connectivity index (χ1) is 19.3. The van der Waals surface area contributed by atoms with Crippen LogP contribution >= 0.6 is 0 Å². The van der Waals surface area contributed by atoms with E-state index in [4.69, 9.17) is 47.9 Å². The predicted molar refractivity (Wildman–Crippen MR) is 144 cm³/mol. The molecule has 2 heterocycles. The number of aryl methyl sites for hydroxylation is 1. The van der Waals surface area contributed by atoms with Gasteiger partial charge in [-0.25, -0.2) is 9.59 Å². The van der Waals surface area contributed by atoms with Crippen LogP contribution in [0.3, 0.4) is 0 Å². The van der Waals surface area contributed by atoms with Crippen LogP contribution in [0.4, 0.5) is 0 Å². The van der Waals surface area contributed by atoms with Gasteiger partial charge in [-0.3, -0.25) is 4.90 Å². The molecule has 0 bridgehead atoms. The van der Waals surface area contributed by atoms with E-state index < -0.39 is 18.0 Å². The fourth-order valence-corrected chi connectivity index (χ4v) is 4.33. The zero-order chi connectivity index (χ0) is 29.1. The molecule has 1 saturated heterocycles. The van der Waals surface area contributed by atoms with Crippen molar-refractivity contribution < 1.29 is 53.0 Å². The van der Waals surface area contributed by atoms with Crippen LogP contribution in [0.5, 0.6) is 23.0 Å². The number of hydrogen-bond donors (Lipinski definition) is 3. The largest absolute Gasteiger partial charge is 0.497 e. The lowest BCUT2D eigenvalue weighted by Gasteiger charge is -2.27. The second kappa shape index (κ2) is 15.0. The number of methoxy groups -OCH3 is 3. The molecule has 218 valence electrons. The van der Waals surface area contributed by atoms with Crippen molar-refractivity contribution in [2.24, 2.45) is 0 Å². The zero-order valence-electron chi connectivity index (χ0n) is 22.8. The van der Waals surface area contributed by atoms with Gasteiger partial charge in [-0.1, -0.05) is 12.1 Å². The number of aliphatic carboxylic acids is 2. The molecule has 1 aliphatic rings. The van der Waals surface area contributed by atoms with E-state index in [1.165, 1.54) is 0 Å². The maximum absolute atomic E-state index is 11.3. The Morgan fingerprint density at radius 1 is 0.925 bits per heavy atom. The molecule has 0 spiro atoms. The number of ether oxygens (including phenoxy) is 5. The predicted octanol–water partition coefficient (Wildman–Crippen LogP) is 2.99. The SMILES string of the molecule is COc1ccc(CCC(O)c2c(OCCN3CCOCC3)c(OC)c3occc3c2OC)cc1.O=C(O)C(=O)O. The molecule has 1 unspecified atom stereocenters. The number of aliphatic hydroxyl groups is 1. The fourth-order valence-electron chi connectivity index (χ4n) is 4.33. The molecule has 1 aliphatic heterocycles. The minimum absolute atomic E-state index is 0.434. The van der Waals surface area contributed by atoms with Crippen LogP contribution in [-0.2, 0) is 20.7 Å². The van der Waals surface area contributed by atoms with Gasteiger partial charge in [-0.05, 0) is 36.6 Å². The van der Waals surface area contributed by atoms with Crippen LogP contribution in [0.1, 0.15) is 23.7 Å². The molecule has 1 fully saturated rings. The van der Waals surface area contributed by atoms with Gasteiger partial charge in [-0.2, -0.15) is 0 Å². The minimum Gasteiger partial charge on any atom is -0.497 e. The summed E-state index contributed by atoms with van der Waals surface area (Å²) in [6.45, 7) is 4.38. The molecule has 3 aromatic rings. The fraction of sp³-hybridized carbons (Fsp3) is 0.429. The number of fused-ring (bicyclic) bond motifs is 1. The highest BCUT2D eigenvalue weighted by Crippen LogP contribution is 2.49. The van der Waals surface area contributed by atoms with Crippen LogP contribution in [0.2, 0.25) is 0 Å². The molecule has 12 heteroatoms. The summed E-state index contributed by atoms with van der Waals surface area (Å²) in [5.74, 6) is -1.39. The van der Waals surface area contributed by atoms with E-state index in [2.05, 4.69) is 4.90 Å². The highest BCUT2D eigenvalue weighted by atomic mass is 16.5. The van der Waals surface area contributed by atoms with Gasteiger partial charge in [0, 0.05) is 19.6 Å². The zero-order valence-corrected chi connectivity index (χ0v) is 22.8. The number of carbonyl (C=O) groups is 2. The van der Waals surface area contributed by atoms with Crippen molar-refractivity contribution in [3.8, 4) is 23.0 Å². The summed E-state index contributed by atoms with van der Waals surface area (Å²) in [6.07, 6.45) is 1.91. The van der Waals surface area contributed by atoms with Gasteiger partial charge in [0.25, 0.3) is 0 Å². The second-order valence-corrected chi connectivity index (χ2v) is 8.79. The number of hydrogen-bond acceptors (Lipinski definition) is 10. The Morgan fingerprint density at radius 3 is 2.15 bits per heavy atom. The van der Waals surface area contributed by atoms with E-state index >= 15 is 0 Å². The average molecular weight is 562 g/mol. The second-order valence-electron chi connectivity index (χ2n) is 8.79. The van der Waals surface area contributed by atoms with Gasteiger partial charge in [0.2, 0.25) is 5.75 Å². The van der Waals surface area contributed by atoms with E-state index in [1.807, 2.05) is 30.3 Å².